The summed E-state index contributed by atoms with van der Waals surface area (Å²) < 4.78 is 1.29. The monoisotopic (exact) mass is 491 g/mol. The molecule has 1 saturated heterocycles. The fourth-order valence-electron chi connectivity index (χ4n) is 3.54. The maximum atomic E-state index is 12.7. The van der Waals surface area contributed by atoms with Gasteiger partial charge in [0.25, 0.3) is 5.56 Å². The van der Waals surface area contributed by atoms with Gasteiger partial charge in [-0.15, -0.1) is 0 Å². The van der Waals surface area contributed by atoms with Crippen LogP contribution in [0.5, 0.6) is 0 Å². The second-order valence-electron chi connectivity index (χ2n) is 7.31. The standard InChI is InChI=1S/C22H20Cl3N5O2/c23-16-7-4-8-17(20(16)24)27-19(31)14-28-9-11-29(12-10-28)18-13-26-30(22(32)21(18)25)15-5-2-1-3-6-15/h1-8,13H,9-12,14H2,(H,27,31). The van der Waals surface area contributed by atoms with Gasteiger partial charge in [0, 0.05) is 26.2 Å². The van der Waals surface area contributed by atoms with E-state index in [1.54, 1.807) is 36.5 Å². The van der Waals surface area contributed by atoms with Crippen LogP contribution >= 0.6 is 34.8 Å². The fraction of sp³-hybridized carbons (Fsp3) is 0.227. The van der Waals surface area contributed by atoms with Gasteiger partial charge in [0.1, 0.15) is 5.02 Å². The summed E-state index contributed by atoms with van der Waals surface area (Å²) in [5.74, 6) is -0.173. The largest absolute Gasteiger partial charge is 0.366 e. The summed E-state index contributed by atoms with van der Waals surface area (Å²) in [6.07, 6.45) is 1.61. The number of hydrogen-bond acceptors (Lipinski definition) is 5. The lowest BCUT2D eigenvalue weighted by Gasteiger charge is -2.35. The second kappa shape index (κ2) is 9.92. The molecule has 0 saturated carbocycles. The van der Waals surface area contributed by atoms with E-state index in [2.05, 4.69) is 10.4 Å². The Balaban J connectivity index is 1.37. The number of amides is 1. The van der Waals surface area contributed by atoms with Gasteiger partial charge < -0.3 is 10.2 Å². The molecular weight excluding hydrogens is 473 g/mol. The Bertz CT molecular complexity index is 1180. The molecule has 4 rings (SSSR count). The first-order chi connectivity index (χ1) is 15.4. The first-order valence-corrected chi connectivity index (χ1v) is 11.1. The van der Waals surface area contributed by atoms with Crippen LogP contribution in [0.2, 0.25) is 15.1 Å². The van der Waals surface area contributed by atoms with Crippen molar-refractivity contribution in [2.45, 2.75) is 0 Å². The lowest BCUT2D eigenvalue weighted by Crippen LogP contribution is -2.49. The Hall–Kier alpha value is -2.58. The number of carbonyl (C=O) groups excluding carboxylic acids is 1. The van der Waals surface area contributed by atoms with Crippen LogP contribution in [-0.4, -0.2) is 53.3 Å². The normalized spacial score (nSPS) is 14.4. The van der Waals surface area contributed by atoms with Crippen LogP contribution in [0, 0.1) is 0 Å². The highest BCUT2D eigenvalue weighted by Crippen LogP contribution is 2.29. The number of nitrogens with one attached hydrogen (secondary N) is 1. The van der Waals surface area contributed by atoms with E-state index in [9.17, 15) is 9.59 Å². The lowest BCUT2D eigenvalue weighted by molar-refractivity contribution is -0.117. The number of piperazine rings is 1. The summed E-state index contributed by atoms with van der Waals surface area (Å²) in [5, 5.41) is 7.92. The molecule has 1 aliphatic heterocycles. The number of nitrogens with zero attached hydrogens (tertiary/aromatic N) is 4. The molecule has 1 aromatic heterocycles. The number of benzene rings is 2. The predicted molar refractivity (Wildman–Crippen MR) is 129 cm³/mol. The van der Waals surface area contributed by atoms with Gasteiger partial charge in [-0.1, -0.05) is 59.1 Å². The van der Waals surface area contributed by atoms with E-state index in [1.165, 1.54) is 4.68 Å². The van der Waals surface area contributed by atoms with Crippen molar-refractivity contribution in [3.8, 4) is 5.69 Å². The summed E-state index contributed by atoms with van der Waals surface area (Å²) in [6.45, 7) is 2.71. The van der Waals surface area contributed by atoms with Gasteiger partial charge >= 0.3 is 0 Å². The van der Waals surface area contributed by atoms with Crippen molar-refractivity contribution in [1.82, 2.24) is 14.7 Å². The minimum Gasteiger partial charge on any atom is -0.366 e. The molecule has 0 spiro atoms. The number of para-hydroxylation sites is 1. The first-order valence-electron chi connectivity index (χ1n) is 9.98. The third-order valence-corrected chi connectivity index (χ3v) is 6.38. The Morgan fingerprint density at radius 3 is 2.38 bits per heavy atom. The summed E-state index contributed by atoms with van der Waals surface area (Å²) in [5.41, 5.74) is 1.37. The van der Waals surface area contributed by atoms with Crippen molar-refractivity contribution in [3.05, 3.63) is 80.1 Å². The molecule has 0 atom stereocenters. The first kappa shape index (κ1) is 22.6. The van der Waals surface area contributed by atoms with Gasteiger partial charge in [-0.05, 0) is 24.3 Å². The molecule has 7 nitrogen and oxygen atoms in total. The van der Waals surface area contributed by atoms with E-state index < -0.39 is 0 Å². The molecule has 166 valence electrons. The third-order valence-electron chi connectivity index (χ3n) is 5.21. The average Bonchev–Trinajstić information content (AvgIpc) is 2.80. The zero-order valence-corrected chi connectivity index (χ0v) is 19.2. The molecule has 2 heterocycles. The van der Waals surface area contributed by atoms with E-state index in [4.69, 9.17) is 34.8 Å². The SMILES string of the molecule is O=C(CN1CCN(c2cnn(-c3ccccc3)c(=O)c2Cl)CC1)Nc1cccc(Cl)c1Cl. The molecule has 0 unspecified atom stereocenters. The van der Waals surface area contributed by atoms with E-state index in [-0.39, 0.29) is 23.0 Å². The summed E-state index contributed by atoms with van der Waals surface area (Å²) >= 11 is 18.5. The van der Waals surface area contributed by atoms with Crippen molar-refractivity contribution in [3.63, 3.8) is 0 Å². The van der Waals surface area contributed by atoms with Crippen LogP contribution in [0.4, 0.5) is 11.4 Å². The Kier molecular flexibility index (Phi) is 7.01. The average molecular weight is 493 g/mol. The smallest absolute Gasteiger partial charge is 0.292 e. The van der Waals surface area contributed by atoms with Crippen LogP contribution in [0.1, 0.15) is 0 Å². The predicted octanol–water partition coefficient (Wildman–Crippen LogP) is 3.95. The number of anilines is 2. The van der Waals surface area contributed by atoms with Gasteiger partial charge in [0.2, 0.25) is 5.91 Å². The Labute approximate surface area is 200 Å². The molecule has 3 aromatic rings. The maximum Gasteiger partial charge on any atom is 0.292 e. The molecule has 0 bridgehead atoms. The van der Waals surface area contributed by atoms with Gasteiger partial charge in [-0.3, -0.25) is 14.5 Å². The van der Waals surface area contributed by atoms with Crippen molar-refractivity contribution in [2.24, 2.45) is 0 Å². The van der Waals surface area contributed by atoms with Crippen LogP contribution < -0.4 is 15.8 Å². The molecule has 1 fully saturated rings. The summed E-state index contributed by atoms with van der Waals surface area (Å²) in [7, 11) is 0. The van der Waals surface area contributed by atoms with Crippen LogP contribution in [-0.2, 0) is 4.79 Å². The van der Waals surface area contributed by atoms with Gasteiger partial charge in [-0.2, -0.15) is 9.78 Å². The highest BCUT2D eigenvalue weighted by atomic mass is 35.5. The third kappa shape index (κ3) is 4.91. The molecule has 1 aliphatic rings. The maximum absolute atomic E-state index is 12.7. The topological polar surface area (TPSA) is 70.5 Å². The highest BCUT2D eigenvalue weighted by molar-refractivity contribution is 6.44. The summed E-state index contributed by atoms with van der Waals surface area (Å²) in [6, 6.07) is 14.2. The van der Waals surface area contributed by atoms with Crippen LogP contribution in [0.15, 0.2) is 59.5 Å². The van der Waals surface area contributed by atoms with E-state index in [0.717, 1.165) is 0 Å². The van der Waals surface area contributed by atoms with E-state index in [0.29, 0.717) is 53.3 Å². The van der Waals surface area contributed by atoms with Gasteiger partial charge in [0.05, 0.1) is 39.8 Å². The molecular formula is C22H20Cl3N5O2. The molecule has 0 aliphatic carbocycles. The second-order valence-corrected chi connectivity index (χ2v) is 8.47. The molecule has 10 heteroatoms. The zero-order valence-electron chi connectivity index (χ0n) is 17.0. The number of aromatic nitrogens is 2. The zero-order chi connectivity index (χ0) is 22.7. The molecule has 1 N–H and O–H groups in total. The minimum absolute atomic E-state index is 0.130. The van der Waals surface area contributed by atoms with Crippen LogP contribution in [0.25, 0.3) is 5.69 Å². The molecule has 32 heavy (non-hydrogen) atoms. The van der Waals surface area contributed by atoms with Crippen molar-refractivity contribution in [1.29, 1.82) is 0 Å². The summed E-state index contributed by atoms with van der Waals surface area (Å²) in [4.78, 5) is 29.2. The fourth-order valence-corrected chi connectivity index (χ4v) is 4.13. The van der Waals surface area contributed by atoms with Crippen molar-refractivity contribution < 1.29 is 4.79 Å². The highest BCUT2D eigenvalue weighted by Gasteiger charge is 2.23. The van der Waals surface area contributed by atoms with Crippen LogP contribution in [0.3, 0.4) is 0 Å². The quantitative estimate of drug-likeness (QED) is 0.584. The van der Waals surface area contributed by atoms with Crippen molar-refractivity contribution in [2.75, 3.05) is 42.9 Å². The number of halogens is 3. The van der Waals surface area contributed by atoms with E-state index >= 15 is 0 Å². The minimum atomic E-state index is -0.365. The number of hydrogen-bond donors (Lipinski definition) is 1. The van der Waals surface area contributed by atoms with E-state index in [1.807, 2.05) is 28.0 Å². The molecule has 1 amide bonds. The number of carbonyl (C=O) groups is 1. The molecule has 0 radical (unpaired) electrons. The Morgan fingerprint density at radius 1 is 0.938 bits per heavy atom. The lowest BCUT2D eigenvalue weighted by atomic mass is 10.2. The number of rotatable bonds is 5. The molecule has 2 aromatic carbocycles. The Morgan fingerprint density at radius 2 is 1.66 bits per heavy atom. The van der Waals surface area contributed by atoms with Crippen molar-refractivity contribution >= 4 is 52.1 Å². The van der Waals surface area contributed by atoms with Gasteiger partial charge in [0.15, 0.2) is 0 Å². The van der Waals surface area contributed by atoms with Gasteiger partial charge in [-0.25, -0.2) is 0 Å².